The van der Waals surface area contributed by atoms with Crippen LogP contribution in [-0.2, 0) is 14.3 Å². The topological polar surface area (TPSA) is 58.7 Å². The Hall–Kier alpha value is -1.42. The summed E-state index contributed by atoms with van der Waals surface area (Å²) in [6.07, 6.45) is 6.66. The fourth-order valence-corrected chi connectivity index (χ4v) is 1.80. The van der Waals surface area contributed by atoms with Gasteiger partial charge in [0.05, 0.1) is 0 Å². The Bertz CT molecular complexity index is 336. The van der Waals surface area contributed by atoms with Crippen LogP contribution in [0.2, 0.25) is 0 Å². The van der Waals surface area contributed by atoms with Crippen LogP contribution in [0.25, 0.3) is 0 Å². The van der Waals surface area contributed by atoms with Crippen molar-refractivity contribution in [2.45, 2.75) is 11.2 Å². The summed E-state index contributed by atoms with van der Waals surface area (Å²) in [5.74, 6) is -0.707. The number of ether oxygens (including phenoxy) is 1. The van der Waals surface area contributed by atoms with Crippen LogP contribution < -0.4 is 5.32 Å². The highest BCUT2D eigenvalue weighted by Crippen LogP contribution is 2.55. The van der Waals surface area contributed by atoms with E-state index in [-0.39, 0.29) is 11.8 Å². The van der Waals surface area contributed by atoms with Crippen molar-refractivity contribution in [1.29, 1.82) is 0 Å². The minimum Gasteiger partial charge on any atom is -0.332 e. The smallest absolute Gasteiger partial charge is 0.266 e. The first-order valence-electron chi connectivity index (χ1n) is 3.64. The number of allylic oxidation sites excluding steroid dienone is 2. The Morgan fingerprint density at radius 1 is 1.08 bits per heavy atom. The molecular formula is C8H5NO3. The maximum Gasteiger partial charge on any atom is 0.266 e. The van der Waals surface area contributed by atoms with Gasteiger partial charge in [-0.2, -0.15) is 0 Å². The van der Waals surface area contributed by atoms with Gasteiger partial charge in [-0.25, -0.2) is 0 Å². The zero-order chi connectivity index (χ0) is 8.40. The van der Waals surface area contributed by atoms with E-state index >= 15 is 0 Å². The highest BCUT2D eigenvalue weighted by atomic mass is 16.6. The number of carbonyl (C=O) groups excluding carboxylic acids is 2. The lowest BCUT2D eigenvalue weighted by Crippen LogP contribution is -2.31. The second-order valence-electron chi connectivity index (χ2n) is 3.07. The van der Waals surface area contributed by atoms with E-state index in [0.29, 0.717) is 0 Å². The Labute approximate surface area is 67.9 Å². The van der Waals surface area contributed by atoms with Crippen LogP contribution in [0.1, 0.15) is 0 Å². The number of epoxide rings is 1. The largest absolute Gasteiger partial charge is 0.332 e. The molecule has 0 aromatic carbocycles. The molecule has 0 bridgehead atoms. The SMILES string of the molecule is O=C1NC(=O)[C@]23C=CC=CC12O3. The van der Waals surface area contributed by atoms with Crippen molar-refractivity contribution in [3.05, 3.63) is 24.3 Å². The average molecular weight is 163 g/mol. The Kier molecular flexibility index (Phi) is 0.707. The molecule has 60 valence electrons. The van der Waals surface area contributed by atoms with Crippen molar-refractivity contribution in [1.82, 2.24) is 5.32 Å². The van der Waals surface area contributed by atoms with Gasteiger partial charge in [0, 0.05) is 0 Å². The summed E-state index contributed by atoms with van der Waals surface area (Å²) < 4.78 is 5.18. The van der Waals surface area contributed by atoms with Gasteiger partial charge in [0.25, 0.3) is 11.8 Å². The summed E-state index contributed by atoms with van der Waals surface area (Å²) in [5.41, 5.74) is -2.00. The molecule has 0 aromatic heterocycles. The lowest BCUT2D eigenvalue weighted by molar-refractivity contribution is -0.132. The molecule has 2 aliphatic heterocycles. The van der Waals surface area contributed by atoms with E-state index in [1.54, 1.807) is 24.3 Å². The average Bonchev–Trinajstić information content (AvgIpc) is 2.69. The number of hydrogen-bond donors (Lipinski definition) is 1. The Morgan fingerprint density at radius 2 is 1.58 bits per heavy atom. The molecule has 3 rings (SSSR count). The van der Waals surface area contributed by atoms with E-state index < -0.39 is 11.2 Å². The van der Waals surface area contributed by atoms with Gasteiger partial charge in [-0.3, -0.25) is 14.9 Å². The van der Waals surface area contributed by atoms with Gasteiger partial charge in [0.2, 0.25) is 11.2 Å². The second-order valence-corrected chi connectivity index (χ2v) is 3.07. The van der Waals surface area contributed by atoms with Crippen molar-refractivity contribution in [2.75, 3.05) is 0 Å². The lowest BCUT2D eigenvalue weighted by atomic mass is 9.91. The molecule has 1 N–H and O–H groups in total. The van der Waals surface area contributed by atoms with E-state index in [0.717, 1.165) is 0 Å². The highest BCUT2D eigenvalue weighted by Gasteiger charge is 2.81. The van der Waals surface area contributed by atoms with Crippen LogP contribution in [0.5, 0.6) is 0 Å². The van der Waals surface area contributed by atoms with Gasteiger partial charge in [-0.1, -0.05) is 12.2 Å². The van der Waals surface area contributed by atoms with Gasteiger partial charge >= 0.3 is 0 Å². The molecule has 4 nitrogen and oxygen atoms in total. The van der Waals surface area contributed by atoms with Crippen molar-refractivity contribution >= 4 is 11.8 Å². The first-order valence-corrected chi connectivity index (χ1v) is 3.64. The molecule has 2 fully saturated rings. The van der Waals surface area contributed by atoms with Gasteiger partial charge in [-0.15, -0.1) is 0 Å². The van der Waals surface area contributed by atoms with Crippen molar-refractivity contribution < 1.29 is 14.3 Å². The summed E-state index contributed by atoms with van der Waals surface area (Å²) in [6, 6.07) is 0. The third kappa shape index (κ3) is 0.368. The quantitative estimate of drug-likeness (QED) is 0.378. The molecule has 0 aromatic rings. The van der Waals surface area contributed by atoms with Crippen LogP contribution in [0.3, 0.4) is 0 Å². The molecule has 0 spiro atoms. The van der Waals surface area contributed by atoms with Crippen LogP contribution in [-0.4, -0.2) is 23.0 Å². The van der Waals surface area contributed by atoms with Gasteiger partial charge in [-0.05, 0) is 12.2 Å². The molecule has 3 aliphatic rings. The second kappa shape index (κ2) is 1.38. The number of imide groups is 1. The predicted octanol–water partition coefficient (Wildman–Crippen LogP) is -0.723. The van der Waals surface area contributed by atoms with Gasteiger partial charge in [0.15, 0.2) is 0 Å². The number of carbonyl (C=O) groups is 2. The molecule has 0 saturated carbocycles. The number of hydrogen-bond acceptors (Lipinski definition) is 3. The fraction of sp³-hybridized carbons (Fsp3) is 0.250. The van der Waals surface area contributed by atoms with Crippen molar-refractivity contribution in [3.63, 3.8) is 0 Å². The summed E-state index contributed by atoms with van der Waals surface area (Å²) in [5, 5.41) is 2.23. The fourth-order valence-electron chi connectivity index (χ4n) is 1.80. The maximum absolute atomic E-state index is 11.2. The number of morpholine rings is 1. The van der Waals surface area contributed by atoms with E-state index in [1.165, 1.54) is 0 Å². The molecule has 12 heavy (non-hydrogen) atoms. The third-order valence-corrected chi connectivity index (χ3v) is 2.51. The normalized spacial score (nSPS) is 47.0. The van der Waals surface area contributed by atoms with E-state index in [9.17, 15) is 9.59 Å². The highest BCUT2D eigenvalue weighted by molar-refractivity contribution is 6.20. The molecule has 0 radical (unpaired) electrons. The van der Waals surface area contributed by atoms with Crippen LogP contribution in [0.4, 0.5) is 0 Å². The zero-order valence-electron chi connectivity index (χ0n) is 6.03. The molecule has 4 heteroatoms. The maximum atomic E-state index is 11.2. The van der Waals surface area contributed by atoms with Crippen LogP contribution >= 0.6 is 0 Å². The van der Waals surface area contributed by atoms with Gasteiger partial charge < -0.3 is 4.74 Å². The van der Waals surface area contributed by atoms with E-state index in [4.69, 9.17) is 4.74 Å². The molecule has 2 atom stereocenters. The van der Waals surface area contributed by atoms with Crippen molar-refractivity contribution in [2.24, 2.45) is 0 Å². The van der Waals surface area contributed by atoms with Crippen LogP contribution in [0, 0.1) is 0 Å². The monoisotopic (exact) mass is 163 g/mol. The Morgan fingerprint density at radius 3 is 2.08 bits per heavy atom. The third-order valence-electron chi connectivity index (χ3n) is 2.51. The molecule has 1 aliphatic carbocycles. The summed E-state index contributed by atoms with van der Waals surface area (Å²) in [6.45, 7) is 0. The standard InChI is InChI=1S/C8H5NO3/c10-5-7-3-1-2-4-8(7,12-7)6(11)9-5/h1-4H,(H,9,10,11)/t7-,8?/m1/s1. The molecular weight excluding hydrogens is 158 g/mol. The summed E-state index contributed by atoms with van der Waals surface area (Å²) in [4.78, 5) is 22.5. The number of nitrogens with one attached hydrogen (secondary N) is 1. The van der Waals surface area contributed by atoms with Gasteiger partial charge in [0.1, 0.15) is 0 Å². The lowest BCUT2D eigenvalue weighted by Gasteiger charge is -2.00. The first-order chi connectivity index (χ1) is 5.71. The minimum absolute atomic E-state index is 0.354. The summed E-state index contributed by atoms with van der Waals surface area (Å²) >= 11 is 0. The Balaban J connectivity index is 2.24. The predicted molar refractivity (Wildman–Crippen MR) is 38.0 cm³/mol. The van der Waals surface area contributed by atoms with Crippen molar-refractivity contribution in [3.8, 4) is 0 Å². The summed E-state index contributed by atoms with van der Waals surface area (Å²) in [7, 11) is 0. The molecule has 2 saturated heterocycles. The number of rotatable bonds is 0. The van der Waals surface area contributed by atoms with E-state index in [1.807, 2.05) is 0 Å². The van der Waals surface area contributed by atoms with Crippen LogP contribution in [0.15, 0.2) is 24.3 Å². The van der Waals surface area contributed by atoms with E-state index in [2.05, 4.69) is 5.32 Å². The molecule has 2 heterocycles. The first kappa shape index (κ1) is 6.14. The zero-order valence-corrected chi connectivity index (χ0v) is 6.03. The molecule has 2 amide bonds. The minimum atomic E-state index is -1.00. The molecule has 1 unspecified atom stereocenters. The number of amides is 2.